The lowest BCUT2D eigenvalue weighted by Gasteiger charge is -2.28. The first kappa shape index (κ1) is 26.6. The number of nitrogens with zero attached hydrogens (tertiary/aromatic N) is 3. The molecule has 0 bridgehead atoms. The van der Waals surface area contributed by atoms with Gasteiger partial charge in [0, 0.05) is 38.0 Å². The SMILES string of the molecule is CSNc1ccc(CNc2ncnc(N(C/C(C)=C/C=C(\C)C(C)(F)F)C(C)C)c2F)cc1. The van der Waals surface area contributed by atoms with Gasteiger partial charge in [-0.25, -0.2) is 18.7 Å². The molecule has 2 rings (SSSR count). The van der Waals surface area contributed by atoms with Gasteiger partial charge in [0.05, 0.1) is 0 Å². The van der Waals surface area contributed by atoms with Crippen LogP contribution in [0.25, 0.3) is 0 Å². The average Bonchev–Trinajstić information content (AvgIpc) is 2.75. The molecule has 0 aliphatic rings. The Kier molecular flexibility index (Phi) is 9.64. The largest absolute Gasteiger partial charge is 0.363 e. The molecule has 0 aliphatic heterocycles. The van der Waals surface area contributed by atoms with E-state index in [2.05, 4.69) is 20.0 Å². The first-order valence-electron chi connectivity index (χ1n) is 10.6. The topological polar surface area (TPSA) is 53.1 Å². The van der Waals surface area contributed by atoms with Gasteiger partial charge < -0.3 is 14.9 Å². The monoisotopic (exact) mass is 479 g/mol. The molecule has 2 aromatic rings. The van der Waals surface area contributed by atoms with E-state index in [0.717, 1.165) is 23.7 Å². The summed E-state index contributed by atoms with van der Waals surface area (Å²) in [4.78, 5) is 10.0. The van der Waals surface area contributed by atoms with Crippen LogP contribution in [0.4, 0.5) is 30.5 Å². The molecule has 0 atom stereocenters. The molecule has 1 heterocycles. The highest BCUT2D eigenvalue weighted by Crippen LogP contribution is 2.25. The van der Waals surface area contributed by atoms with Crippen molar-refractivity contribution in [2.24, 2.45) is 0 Å². The van der Waals surface area contributed by atoms with E-state index in [-0.39, 0.29) is 23.3 Å². The lowest BCUT2D eigenvalue weighted by atomic mass is 10.1. The molecule has 0 spiro atoms. The number of nitrogens with one attached hydrogen (secondary N) is 2. The molecular formula is C24H32F3N5S. The van der Waals surface area contributed by atoms with Crippen LogP contribution >= 0.6 is 11.9 Å². The van der Waals surface area contributed by atoms with E-state index in [0.29, 0.717) is 13.1 Å². The van der Waals surface area contributed by atoms with Crippen molar-refractivity contribution >= 4 is 29.3 Å². The minimum absolute atomic E-state index is 0.0325. The van der Waals surface area contributed by atoms with Crippen molar-refractivity contribution in [3.63, 3.8) is 0 Å². The normalized spacial score (nSPS) is 12.8. The van der Waals surface area contributed by atoms with E-state index >= 15 is 4.39 Å². The minimum Gasteiger partial charge on any atom is -0.363 e. The second-order valence-corrected chi connectivity index (χ2v) is 8.80. The third-order valence-electron chi connectivity index (χ3n) is 5.03. The number of rotatable bonds is 11. The van der Waals surface area contributed by atoms with Gasteiger partial charge >= 0.3 is 0 Å². The van der Waals surface area contributed by atoms with Gasteiger partial charge in [-0.15, -0.1) is 0 Å². The van der Waals surface area contributed by atoms with Crippen LogP contribution in [-0.2, 0) is 6.54 Å². The number of hydrogen-bond acceptors (Lipinski definition) is 6. The fourth-order valence-corrected chi connectivity index (χ4v) is 3.29. The van der Waals surface area contributed by atoms with Crippen LogP contribution in [0, 0.1) is 5.82 Å². The summed E-state index contributed by atoms with van der Waals surface area (Å²) >= 11 is 1.51. The number of aromatic nitrogens is 2. The van der Waals surface area contributed by atoms with Gasteiger partial charge in [0.1, 0.15) is 6.33 Å². The van der Waals surface area contributed by atoms with E-state index in [4.69, 9.17) is 0 Å². The van der Waals surface area contributed by atoms with Crippen molar-refractivity contribution < 1.29 is 13.2 Å². The minimum atomic E-state index is -2.88. The molecule has 2 N–H and O–H groups in total. The summed E-state index contributed by atoms with van der Waals surface area (Å²) in [6.45, 7) is 8.67. The van der Waals surface area contributed by atoms with Gasteiger partial charge in [-0.1, -0.05) is 41.8 Å². The van der Waals surface area contributed by atoms with Crippen molar-refractivity contribution in [3.05, 3.63) is 65.3 Å². The molecular weight excluding hydrogens is 447 g/mol. The Hall–Kier alpha value is -2.68. The van der Waals surface area contributed by atoms with E-state index in [1.165, 1.54) is 31.3 Å². The molecule has 0 amide bonds. The van der Waals surface area contributed by atoms with Crippen LogP contribution in [0.15, 0.2) is 53.9 Å². The fraction of sp³-hybridized carbons (Fsp3) is 0.417. The summed E-state index contributed by atoms with van der Waals surface area (Å²) in [5.74, 6) is -3.15. The summed E-state index contributed by atoms with van der Waals surface area (Å²) in [6.07, 6.45) is 6.31. The summed E-state index contributed by atoms with van der Waals surface area (Å²) in [5.41, 5.74) is 2.75. The Morgan fingerprint density at radius 2 is 1.82 bits per heavy atom. The predicted octanol–water partition coefficient (Wildman–Crippen LogP) is 6.68. The smallest absolute Gasteiger partial charge is 0.266 e. The molecule has 0 aliphatic carbocycles. The van der Waals surface area contributed by atoms with E-state index in [1.807, 2.05) is 51.3 Å². The van der Waals surface area contributed by atoms with Crippen LogP contribution in [0.2, 0.25) is 0 Å². The second kappa shape index (κ2) is 12.0. The summed E-state index contributed by atoms with van der Waals surface area (Å²) in [6, 6.07) is 7.75. The zero-order chi connectivity index (χ0) is 24.6. The highest BCUT2D eigenvalue weighted by molar-refractivity contribution is 7.99. The van der Waals surface area contributed by atoms with Crippen LogP contribution < -0.4 is 14.9 Å². The van der Waals surface area contributed by atoms with Crippen molar-refractivity contribution in [1.29, 1.82) is 0 Å². The van der Waals surface area contributed by atoms with Crippen molar-refractivity contribution in [2.45, 2.75) is 53.1 Å². The molecule has 9 heteroatoms. The van der Waals surface area contributed by atoms with Crippen LogP contribution in [0.5, 0.6) is 0 Å². The summed E-state index contributed by atoms with van der Waals surface area (Å²) in [7, 11) is 0. The first-order valence-corrected chi connectivity index (χ1v) is 11.9. The summed E-state index contributed by atoms with van der Waals surface area (Å²) in [5, 5.41) is 3.04. The van der Waals surface area contributed by atoms with Crippen LogP contribution in [0.1, 0.15) is 40.2 Å². The van der Waals surface area contributed by atoms with Crippen molar-refractivity contribution in [1.82, 2.24) is 9.97 Å². The molecule has 1 aromatic heterocycles. The highest BCUT2D eigenvalue weighted by atomic mass is 32.2. The molecule has 5 nitrogen and oxygen atoms in total. The van der Waals surface area contributed by atoms with Gasteiger partial charge in [0.25, 0.3) is 5.92 Å². The Labute approximate surface area is 198 Å². The standard InChI is InChI=1S/C24H32F3N5S/c1-16(2)32(14-17(3)7-8-18(4)24(5,26)27)23-21(25)22(29-15-30-23)28-13-19-9-11-20(12-10-19)31-33-6/h7-12,15-16,31H,13-14H2,1-6H3,(H,28,29,30)/b17-7+,18-8+. The quantitative estimate of drug-likeness (QED) is 0.277. The third-order valence-corrected chi connectivity index (χ3v) is 5.47. The molecule has 1 aromatic carbocycles. The van der Waals surface area contributed by atoms with Crippen molar-refractivity contribution in [2.75, 3.05) is 27.7 Å². The summed E-state index contributed by atoms with van der Waals surface area (Å²) < 4.78 is 45.2. The third kappa shape index (κ3) is 7.99. The van der Waals surface area contributed by atoms with Crippen molar-refractivity contribution in [3.8, 4) is 0 Å². The van der Waals surface area contributed by atoms with Gasteiger partial charge in [-0.05, 0) is 51.0 Å². The number of allylic oxidation sites excluding steroid dienone is 3. The molecule has 0 saturated heterocycles. The molecule has 0 fully saturated rings. The van der Waals surface area contributed by atoms with Gasteiger partial charge in [-0.2, -0.15) is 4.39 Å². The zero-order valence-electron chi connectivity index (χ0n) is 19.9. The maximum atomic E-state index is 15.3. The lowest BCUT2D eigenvalue weighted by molar-refractivity contribution is 0.0635. The van der Waals surface area contributed by atoms with E-state index in [1.54, 1.807) is 11.0 Å². The van der Waals surface area contributed by atoms with Gasteiger partial charge in [0.15, 0.2) is 11.6 Å². The first-order chi connectivity index (χ1) is 15.5. The lowest BCUT2D eigenvalue weighted by Crippen LogP contribution is -2.34. The molecule has 0 saturated carbocycles. The predicted molar refractivity (Wildman–Crippen MR) is 134 cm³/mol. The van der Waals surface area contributed by atoms with Crippen LogP contribution in [0.3, 0.4) is 0 Å². The molecule has 0 radical (unpaired) electrons. The van der Waals surface area contributed by atoms with E-state index < -0.39 is 11.7 Å². The number of anilines is 3. The Balaban J connectivity index is 2.17. The molecule has 33 heavy (non-hydrogen) atoms. The Morgan fingerprint density at radius 1 is 1.15 bits per heavy atom. The maximum Gasteiger partial charge on any atom is 0.266 e. The number of hydrogen-bond donors (Lipinski definition) is 2. The number of benzene rings is 1. The van der Waals surface area contributed by atoms with Gasteiger partial charge in [0.2, 0.25) is 5.82 Å². The van der Waals surface area contributed by atoms with E-state index in [9.17, 15) is 8.78 Å². The number of halogens is 3. The molecule has 180 valence electrons. The second-order valence-electron chi connectivity index (χ2n) is 8.19. The maximum absolute atomic E-state index is 15.3. The van der Waals surface area contributed by atoms with Gasteiger partial charge in [-0.3, -0.25) is 0 Å². The fourth-order valence-electron chi connectivity index (χ4n) is 2.92. The Morgan fingerprint density at radius 3 is 2.39 bits per heavy atom. The highest BCUT2D eigenvalue weighted by Gasteiger charge is 2.23. The number of alkyl halides is 2. The molecule has 0 unspecified atom stereocenters. The van der Waals surface area contributed by atoms with Crippen LogP contribution in [-0.4, -0.2) is 34.7 Å². The zero-order valence-corrected chi connectivity index (χ0v) is 20.7. The average molecular weight is 480 g/mol. The Bertz CT molecular complexity index is 969.